The van der Waals surface area contributed by atoms with Gasteiger partial charge in [-0.2, -0.15) is 18.4 Å². The molecule has 0 amide bonds. The molecule has 0 unspecified atom stereocenters. The van der Waals surface area contributed by atoms with Crippen molar-refractivity contribution in [2.24, 2.45) is 0 Å². The lowest BCUT2D eigenvalue weighted by Gasteiger charge is -2.11. The van der Waals surface area contributed by atoms with Gasteiger partial charge in [-0.25, -0.2) is 0 Å². The van der Waals surface area contributed by atoms with E-state index in [-0.39, 0.29) is 5.56 Å². The minimum atomic E-state index is -4.52. The lowest BCUT2D eigenvalue weighted by atomic mass is 10.3. The van der Waals surface area contributed by atoms with Gasteiger partial charge in [0.1, 0.15) is 11.8 Å². The normalized spacial score (nSPS) is 11.3. The number of nitrogens with zero attached hydrogens (tertiary/aromatic N) is 2. The summed E-state index contributed by atoms with van der Waals surface area (Å²) in [5.74, 6) is 0. The van der Waals surface area contributed by atoms with Crippen LogP contribution < -0.4 is 0 Å². The predicted octanol–water partition coefficient (Wildman–Crippen LogP) is 4.02. The molecule has 0 spiro atoms. The fourth-order valence-corrected chi connectivity index (χ4v) is 1.68. The van der Waals surface area contributed by atoms with Gasteiger partial charge in [-0.3, -0.25) is 0 Å². The highest BCUT2D eigenvalue weighted by molar-refractivity contribution is 6.30. The van der Waals surface area contributed by atoms with Crippen molar-refractivity contribution < 1.29 is 13.2 Å². The lowest BCUT2D eigenvalue weighted by Crippen LogP contribution is -2.11. The quantitative estimate of drug-likeness (QED) is 0.769. The van der Waals surface area contributed by atoms with Gasteiger partial charge in [0.05, 0.1) is 5.56 Å². The van der Waals surface area contributed by atoms with Crippen LogP contribution in [0.15, 0.2) is 36.5 Å². The summed E-state index contributed by atoms with van der Waals surface area (Å²) in [7, 11) is 0. The second-order valence-electron chi connectivity index (χ2n) is 3.57. The van der Waals surface area contributed by atoms with Gasteiger partial charge in [0.25, 0.3) is 0 Å². The van der Waals surface area contributed by atoms with Gasteiger partial charge < -0.3 is 4.57 Å². The molecule has 0 atom stereocenters. The Morgan fingerprint density at radius 1 is 1.17 bits per heavy atom. The molecule has 18 heavy (non-hydrogen) atoms. The lowest BCUT2D eigenvalue weighted by molar-refractivity contribution is -0.142. The fraction of sp³-hybridized carbons (Fsp3) is 0.0833. The Balaban J connectivity index is 2.60. The third-order valence-corrected chi connectivity index (χ3v) is 2.60. The van der Waals surface area contributed by atoms with Crippen LogP contribution in [0.4, 0.5) is 13.2 Å². The van der Waals surface area contributed by atoms with Crippen LogP contribution in [0.1, 0.15) is 11.3 Å². The topological polar surface area (TPSA) is 28.7 Å². The molecular formula is C12H6ClF3N2. The Hall–Kier alpha value is -1.93. The number of hydrogen-bond acceptors (Lipinski definition) is 1. The molecule has 6 heteroatoms. The van der Waals surface area contributed by atoms with Crippen molar-refractivity contribution >= 4 is 11.6 Å². The van der Waals surface area contributed by atoms with Gasteiger partial charge in [0, 0.05) is 16.9 Å². The standard InChI is InChI=1S/C12H6ClF3N2/c13-9-1-3-10(4-2-9)18-7-8(6-17)5-11(18)12(14,15)16/h1-5,7H. The number of hydrogen-bond donors (Lipinski definition) is 0. The summed E-state index contributed by atoms with van der Waals surface area (Å²) >= 11 is 5.68. The van der Waals surface area contributed by atoms with Crippen molar-refractivity contribution in [1.82, 2.24) is 4.57 Å². The zero-order valence-electron chi connectivity index (χ0n) is 8.87. The predicted molar refractivity (Wildman–Crippen MR) is 60.5 cm³/mol. The SMILES string of the molecule is N#Cc1cc(C(F)(F)F)n(-c2ccc(Cl)cc2)c1. The molecule has 2 nitrogen and oxygen atoms in total. The average Bonchev–Trinajstić information content (AvgIpc) is 2.74. The van der Waals surface area contributed by atoms with Crippen LogP contribution in [-0.2, 0) is 6.18 Å². The molecule has 0 saturated heterocycles. The molecule has 0 fully saturated rings. The van der Waals surface area contributed by atoms with E-state index in [2.05, 4.69) is 0 Å². The van der Waals surface area contributed by atoms with Crippen molar-refractivity contribution in [3.8, 4) is 11.8 Å². The molecule has 1 heterocycles. The molecule has 0 aliphatic carbocycles. The minimum Gasteiger partial charge on any atom is -0.311 e. The highest BCUT2D eigenvalue weighted by Crippen LogP contribution is 2.32. The molecule has 0 aliphatic heterocycles. The summed E-state index contributed by atoms with van der Waals surface area (Å²) in [5.41, 5.74) is -0.633. The van der Waals surface area contributed by atoms with Crippen LogP contribution in [0, 0.1) is 11.3 Å². The van der Waals surface area contributed by atoms with Gasteiger partial charge >= 0.3 is 6.18 Å². The molecule has 0 bridgehead atoms. The molecule has 2 aromatic rings. The van der Waals surface area contributed by atoms with Gasteiger partial charge in [0.2, 0.25) is 0 Å². The van der Waals surface area contributed by atoms with Gasteiger partial charge in [0.15, 0.2) is 0 Å². The smallest absolute Gasteiger partial charge is 0.311 e. The highest BCUT2D eigenvalue weighted by atomic mass is 35.5. The van der Waals surface area contributed by atoms with Crippen molar-refractivity contribution in [2.45, 2.75) is 6.18 Å². The van der Waals surface area contributed by atoms with Crippen LogP contribution in [0.25, 0.3) is 5.69 Å². The first kappa shape index (κ1) is 12.5. The number of alkyl halides is 3. The molecule has 0 saturated carbocycles. The molecule has 0 N–H and O–H groups in total. The van der Waals surface area contributed by atoms with Gasteiger partial charge in [-0.1, -0.05) is 11.6 Å². The maximum absolute atomic E-state index is 12.8. The van der Waals surface area contributed by atoms with Crippen molar-refractivity contribution in [3.05, 3.63) is 52.8 Å². The Morgan fingerprint density at radius 2 is 1.78 bits per heavy atom. The zero-order valence-corrected chi connectivity index (χ0v) is 9.63. The summed E-state index contributed by atoms with van der Waals surface area (Å²) < 4.78 is 39.3. The first-order valence-electron chi connectivity index (χ1n) is 4.87. The summed E-state index contributed by atoms with van der Waals surface area (Å²) in [5, 5.41) is 9.11. The van der Waals surface area contributed by atoms with Crippen molar-refractivity contribution in [1.29, 1.82) is 5.26 Å². The van der Waals surface area contributed by atoms with E-state index in [4.69, 9.17) is 16.9 Å². The van der Waals surface area contributed by atoms with Crippen LogP contribution in [-0.4, -0.2) is 4.57 Å². The maximum Gasteiger partial charge on any atom is 0.431 e. The summed E-state index contributed by atoms with van der Waals surface area (Å²) in [4.78, 5) is 0. The van der Waals surface area contributed by atoms with E-state index >= 15 is 0 Å². The first-order chi connectivity index (χ1) is 8.41. The van der Waals surface area contributed by atoms with E-state index in [9.17, 15) is 13.2 Å². The van der Waals surface area contributed by atoms with Crippen LogP contribution in [0.5, 0.6) is 0 Å². The summed E-state index contributed by atoms with van der Waals surface area (Å²) in [6.07, 6.45) is -3.37. The number of nitriles is 1. The molecule has 0 aliphatic rings. The third-order valence-electron chi connectivity index (χ3n) is 2.34. The van der Waals surface area contributed by atoms with E-state index in [1.54, 1.807) is 6.07 Å². The Morgan fingerprint density at radius 3 is 2.28 bits per heavy atom. The molecular weight excluding hydrogens is 265 g/mol. The number of halogens is 4. The third kappa shape index (κ3) is 2.34. The number of aromatic nitrogens is 1. The van der Waals surface area contributed by atoms with E-state index in [0.717, 1.165) is 16.8 Å². The van der Waals surface area contributed by atoms with Crippen molar-refractivity contribution in [3.63, 3.8) is 0 Å². The van der Waals surface area contributed by atoms with Crippen LogP contribution in [0.3, 0.4) is 0 Å². The maximum atomic E-state index is 12.8. The number of rotatable bonds is 1. The van der Waals surface area contributed by atoms with E-state index in [1.807, 2.05) is 0 Å². The van der Waals surface area contributed by atoms with Gasteiger partial charge in [-0.05, 0) is 30.3 Å². The Labute approximate surface area is 106 Å². The summed E-state index contributed by atoms with van der Waals surface area (Å²) in [6.45, 7) is 0. The van der Waals surface area contributed by atoms with E-state index < -0.39 is 11.9 Å². The second kappa shape index (κ2) is 4.39. The largest absolute Gasteiger partial charge is 0.431 e. The monoisotopic (exact) mass is 270 g/mol. The second-order valence-corrected chi connectivity index (χ2v) is 4.01. The number of benzene rings is 1. The van der Waals surface area contributed by atoms with Crippen LogP contribution in [0.2, 0.25) is 5.02 Å². The average molecular weight is 271 g/mol. The van der Waals surface area contributed by atoms with Crippen molar-refractivity contribution in [2.75, 3.05) is 0 Å². The van der Waals surface area contributed by atoms with Gasteiger partial charge in [-0.15, -0.1) is 0 Å². The van der Waals surface area contributed by atoms with E-state index in [0.29, 0.717) is 10.7 Å². The molecule has 0 radical (unpaired) electrons. The summed E-state index contributed by atoms with van der Waals surface area (Å²) in [6, 6.07) is 8.40. The molecule has 92 valence electrons. The first-order valence-corrected chi connectivity index (χ1v) is 5.25. The highest BCUT2D eigenvalue weighted by Gasteiger charge is 2.35. The zero-order chi connectivity index (χ0) is 13.3. The minimum absolute atomic E-state index is 0.0442. The fourth-order valence-electron chi connectivity index (χ4n) is 1.56. The molecule has 1 aromatic heterocycles. The Kier molecular flexibility index (Phi) is 3.05. The Bertz CT molecular complexity index is 606. The molecule has 1 aromatic carbocycles. The van der Waals surface area contributed by atoms with Crippen LogP contribution >= 0.6 is 11.6 Å². The molecule has 2 rings (SSSR count). The van der Waals surface area contributed by atoms with E-state index in [1.165, 1.54) is 24.3 Å².